The summed E-state index contributed by atoms with van der Waals surface area (Å²) in [6, 6.07) is 21.3. The van der Waals surface area contributed by atoms with Gasteiger partial charge < -0.3 is 5.32 Å². The van der Waals surface area contributed by atoms with E-state index in [4.69, 9.17) is 0 Å². The normalized spacial score (nSPS) is 11.6. The summed E-state index contributed by atoms with van der Waals surface area (Å²) in [6.07, 6.45) is 0.175. The van der Waals surface area contributed by atoms with Gasteiger partial charge in [-0.05, 0) is 74.4 Å². The predicted molar refractivity (Wildman–Crippen MR) is 122 cm³/mol. The quantitative estimate of drug-likeness (QED) is 0.160. The third-order valence-corrected chi connectivity index (χ3v) is 5.63. The Morgan fingerprint density at radius 2 is 1.75 bits per heavy atom. The highest BCUT2D eigenvalue weighted by atomic mass is 127. The van der Waals surface area contributed by atoms with Gasteiger partial charge in [0.25, 0.3) is 5.69 Å². The van der Waals surface area contributed by atoms with Gasteiger partial charge in [0.1, 0.15) is 0 Å². The Hall–Kier alpha value is -2.26. The molecule has 3 aromatic rings. The molecule has 0 aliphatic heterocycles. The topological polar surface area (TPSA) is 72.2 Å². The number of anilines is 1. The first-order valence-corrected chi connectivity index (χ1v) is 10.4. The van der Waals surface area contributed by atoms with Crippen LogP contribution in [0.2, 0.25) is 0 Å². The van der Waals surface area contributed by atoms with Gasteiger partial charge in [0, 0.05) is 27.3 Å². The number of hydrogen-bond acceptors (Lipinski definition) is 4. The van der Waals surface area contributed by atoms with E-state index >= 15 is 0 Å². The number of nitrogens with one attached hydrogen (secondary N) is 1. The number of Topliss-reactive ketones (excluding diaryl/α,β-unsaturated/α-hetero) is 1. The van der Waals surface area contributed by atoms with Crippen molar-refractivity contribution in [3.05, 3.63) is 102 Å². The largest absolute Gasteiger partial charge is 0.378 e. The molecule has 0 amide bonds. The molecule has 3 aromatic carbocycles. The molecule has 0 aliphatic carbocycles. The Kier molecular flexibility index (Phi) is 6.79. The molecule has 0 fully saturated rings. The summed E-state index contributed by atoms with van der Waals surface area (Å²) in [7, 11) is 0. The van der Waals surface area contributed by atoms with E-state index < -0.39 is 11.0 Å². The third kappa shape index (κ3) is 5.17. The van der Waals surface area contributed by atoms with Crippen LogP contribution in [-0.4, -0.2) is 10.7 Å². The number of nitro groups is 1. The van der Waals surface area contributed by atoms with Crippen LogP contribution in [0.3, 0.4) is 0 Å². The van der Waals surface area contributed by atoms with Crippen molar-refractivity contribution in [2.45, 2.75) is 12.5 Å². The first-order chi connectivity index (χ1) is 13.4. The number of nitrogens with zero attached hydrogens (tertiary/aromatic N) is 1. The second-order valence-corrected chi connectivity index (χ2v) is 8.27. The van der Waals surface area contributed by atoms with Crippen molar-refractivity contribution in [1.29, 1.82) is 0 Å². The summed E-state index contributed by atoms with van der Waals surface area (Å²) in [6.45, 7) is 0. The fraction of sp³-hybridized carbons (Fsp3) is 0.0952. The molecule has 1 unspecified atom stereocenters. The maximum absolute atomic E-state index is 12.8. The van der Waals surface area contributed by atoms with Crippen molar-refractivity contribution >= 4 is 55.7 Å². The molecule has 0 radical (unpaired) electrons. The van der Waals surface area contributed by atoms with Crippen LogP contribution in [0, 0.1) is 13.7 Å². The minimum absolute atomic E-state index is 0.0286. The first-order valence-electron chi connectivity index (χ1n) is 8.48. The van der Waals surface area contributed by atoms with Crippen molar-refractivity contribution < 1.29 is 9.72 Å². The van der Waals surface area contributed by atoms with Crippen molar-refractivity contribution in [2.24, 2.45) is 0 Å². The van der Waals surface area contributed by atoms with Crippen LogP contribution in [0.15, 0.2) is 77.3 Å². The van der Waals surface area contributed by atoms with Crippen LogP contribution in [0.25, 0.3) is 0 Å². The standard InChI is InChI=1S/C21H16BrIN2O3/c22-18-11-6-15(12-20(18)25(27)28)19(24-17-9-7-16(23)8-10-17)13-21(26)14-4-2-1-3-5-14/h1-12,19,24H,13H2. The summed E-state index contributed by atoms with van der Waals surface area (Å²) in [4.78, 5) is 23.7. The molecule has 7 heteroatoms. The zero-order valence-electron chi connectivity index (χ0n) is 14.6. The number of halogens is 2. The van der Waals surface area contributed by atoms with Gasteiger partial charge in [-0.25, -0.2) is 0 Å². The Morgan fingerprint density at radius 3 is 2.39 bits per heavy atom. The number of carbonyl (C=O) groups excluding carboxylic acids is 1. The second kappa shape index (κ2) is 9.29. The SMILES string of the molecule is O=C(CC(Nc1ccc(I)cc1)c1ccc(Br)c([N+](=O)[O-])c1)c1ccccc1. The van der Waals surface area contributed by atoms with Gasteiger partial charge in [0.15, 0.2) is 5.78 Å². The summed E-state index contributed by atoms with van der Waals surface area (Å²) < 4.78 is 1.50. The van der Waals surface area contributed by atoms with Crippen molar-refractivity contribution in [2.75, 3.05) is 5.32 Å². The van der Waals surface area contributed by atoms with Gasteiger partial charge in [0.2, 0.25) is 0 Å². The average Bonchev–Trinajstić information content (AvgIpc) is 2.70. The second-order valence-electron chi connectivity index (χ2n) is 6.17. The van der Waals surface area contributed by atoms with E-state index in [2.05, 4.69) is 43.8 Å². The van der Waals surface area contributed by atoms with Crippen LogP contribution in [-0.2, 0) is 0 Å². The molecule has 0 spiro atoms. The molecule has 0 bridgehead atoms. The smallest absolute Gasteiger partial charge is 0.283 e. The van der Waals surface area contributed by atoms with E-state index in [9.17, 15) is 14.9 Å². The minimum atomic E-state index is -0.436. The highest BCUT2D eigenvalue weighted by Gasteiger charge is 2.21. The predicted octanol–water partition coefficient (Wildman–Crippen LogP) is 6.39. The summed E-state index contributed by atoms with van der Waals surface area (Å²) in [5, 5.41) is 14.7. The maximum Gasteiger partial charge on any atom is 0.283 e. The molecule has 142 valence electrons. The molecule has 0 aliphatic rings. The number of ketones is 1. The number of benzene rings is 3. The molecule has 5 nitrogen and oxygen atoms in total. The van der Waals surface area contributed by atoms with E-state index in [1.165, 1.54) is 6.07 Å². The van der Waals surface area contributed by atoms with Gasteiger partial charge >= 0.3 is 0 Å². The molecule has 0 saturated carbocycles. The van der Waals surface area contributed by atoms with Gasteiger partial charge in [-0.2, -0.15) is 0 Å². The monoisotopic (exact) mass is 550 g/mol. The van der Waals surface area contributed by atoms with Gasteiger partial charge in [0.05, 0.1) is 15.4 Å². The first kappa shape index (κ1) is 20.5. The number of nitro benzene ring substituents is 1. The van der Waals surface area contributed by atoms with E-state index in [0.717, 1.165) is 9.26 Å². The molecule has 1 N–H and O–H groups in total. The zero-order chi connectivity index (χ0) is 20.1. The maximum atomic E-state index is 12.8. The summed E-state index contributed by atoms with van der Waals surface area (Å²) in [5.41, 5.74) is 2.11. The molecule has 28 heavy (non-hydrogen) atoms. The molecule has 0 aromatic heterocycles. The Morgan fingerprint density at radius 1 is 1.07 bits per heavy atom. The molecule has 0 heterocycles. The van der Waals surface area contributed by atoms with E-state index in [1.54, 1.807) is 24.3 Å². The van der Waals surface area contributed by atoms with Gasteiger partial charge in [-0.15, -0.1) is 0 Å². The highest BCUT2D eigenvalue weighted by Crippen LogP contribution is 2.31. The van der Waals surface area contributed by atoms with Crippen LogP contribution >= 0.6 is 38.5 Å². The minimum Gasteiger partial charge on any atom is -0.378 e. The lowest BCUT2D eigenvalue weighted by Crippen LogP contribution is -2.16. The lowest BCUT2D eigenvalue weighted by molar-refractivity contribution is -0.385. The highest BCUT2D eigenvalue weighted by molar-refractivity contribution is 14.1. The Bertz CT molecular complexity index is 994. The average molecular weight is 551 g/mol. The number of carbonyl (C=O) groups is 1. The lowest BCUT2D eigenvalue weighted by atomic mass is 9.97. The Balaban J connectivity index is 1.94. The molecule has 0 saturated heterocycles. The third-order valence-electron chi connectivity index (χ3n) is 4.24. The zero-order valence-corrected chi connectivity index (χ0v) is 18.4. The molecular weight excluding hydrogens is 535 g/mol. The van der Waals surface area contributed by atoms with Crippen LogP contribution < -0.4 is 5.32 Å². The van der Waals surface area contributed by atoms with E-state index in [0.29, 0.717) is 15.6 Å². The number of hydrogen-bond donors (Lipinski definition) is 1. The summed E-state index contributed by atoms with van der Waals surface area (Å²) >= 11 is 5.44. The van der Waals surface area contributed by atoms with Crippen molar-refractivity contribution in [1.82, 2.24) is 0 Å². The van der Waals surface area contributed by atoms with Gasteiger partial charge in [-0.3, -0.25) is 14.9 Å². The Labute approximate surface area is 184 Å². The molecule has 1 atom stereocenters. The van der Waals surface area contributed by atoms with E-state index in [-0.39, 0.29) is 17.9 Å². The van der Waals surface area contributed by atoms with Crippen LogP contribution in [0.5, 0.6) is 0 Å². The van der Waals surface area contributed by atoms with Crippen LogP contribution in [0.1, 0.15) is 28.4 Å². The van der Waals surface area contributed by atoms with Crippen LogP contribution in [0.4, 0.5) is 11.4 Å². The molecular formula is C21H16BrIN2O3. The summed E-state index contributed by atoms with van der Waals surface area (Å²) in [5.74, 6) is -0.0332. The van der Waals surface area contributed by atoms with E-state index in [1.807, 2.05) is 42.5 Å². The fourth-order valence-electron chi connectivity index (χ4n) is 2.81. The van der Waals surface area contributed by atoms with Crippen molar-refractivity contribution in [3.8, 4) is 0 Å². The van der Waals surface area contributed by atoms with Gasteiger partial charge in [-0.1, -0.05) is 36.4 Å². The number of rotatable bonds is 7. The molecule has 3 rings (SSSR count). The van der Waals surface area contributed by atoms with Crippen molar-refractivity contribution in [3.63, 3.8) is 0 Å². The fourth-order valence-corrected chi connectivity index (χ4v) is 3.56. The lowest BCUT2D eigenvalue weighted by Gasteiger charge is -2.20.